The molecule has 5 aromatic heterocycles. The maximum atomic E-state index is 12.7. The maximum absolute atomic E-state index is 12.7. The molecule has 0 atom stereocenters. The fourth-order valence-corrected chi connectivity index (χ4v) is 6.72. The van der Waals surface area contributed by atoms with Crippen molar-refractivity contribution in [3.63, 3.8) is 0 Å². The van der Waals surface area contributed by atoms with E-state index in [0.717, 1.165) is 28.2 Å². The van der Waals surface area contributed by atoms with E-state index in [1.54, 1.807) is 26.0 Å². The average molecular weight is 790 g/mol. The number of fused-ring (bicyclic) bond motifs is 2. The van der Waals surface area contributed by atoms with E-state index < -0.39 is 11.9 Å². The zero-order valence-electron chi connectivity index (χ0n) is 33.5. The first-order valence-corrected chi connectivity index (χ1v) is 19.3. The first-order chi connectivity index (χ1) is 28.1. The van der Waals surface area contributed by atoms with E-state index >= 15 is 0 Å². The van der Waals surface area contributed by atoms with E-state index in [9.17, 15) is 9.59 Å². The Morgan fingerprint density at radius 2 is 1.53 bits per heavy atom. The number of carbonyl (C=O) groups is 2. The second-order valence-corrected chi connectivity index (χ2v) is 13.6. The normalized spacial score (nSPS) is 11.6. The van der Waals surface area contributed by atoms with Gasteiger partial charge in [-0.05, 0) is 51.0 Å². The van der Waals surface area contributed by atoms with Gasteiger partial charge in [0.25, 0.3) is 0 Å². The number of nitrogens with one attached hydrogen (secondary N) is 2. The molecule has 5 heterocycles. The minimum absolute atomic E-state index is 0.0694. The van der Waals surface area contributed by atoms with Crippen molar-refractivity contribution in [3.8, 4) is 5.75 Å². The third-order valence-electron chi connectivity index (χ3n) is 9.40. The number of amides is 1. The highest BCUT2D eigenvalue weighted by Crippen LogP contribution is 2.33. The van der Waals surface area contributed by atoms with Crippen molar-refractivity contribution in [1.29, 1.82) is 0 Å². The summed E-state index contributed by atoms with van der Waals surface area (Å²) in [6.07, 6.45) is 5.61. The molecule has 1 amide bonds. The van der Waals surface area contributed by atoms with Crippen LogP contribution >= 0.6 is 0 Å². The van der Waals surface area contributed by atoms with Crippen LogP contribution in [0.15, 0.2) is 63.5 Å². The van der Waals surface area contributed by atoms with Gasteiger partial charge in [-0.2, -0.15) is 5.10 Å². The van der Waals surface area contributed by atoms with Crippen LogP contribution in [0, 0.1) is 20.8 Å². The monoisotopic (exact) mass is 789 g/mol. The fourth-order valence-electron chi connectivity index (χ4n) is 6.72. The first kappa shape index (κ1) is 39.3. The van der Waals surface area contributed by atoms with Crippen molar-refractivity contribution in [3.05, 3.63) is 94.8 Å². The standard InChI is InChI=1S/C41H47N11O6/c1-7-28-36(57-25(5)43-28)39(54)56-20-14-19-55-33-23-27(37(42)53)22-31-35(33)51(41(46-31)48-38-29(8-2)44-26(6)58-38)18-13-12-17-50-32-16-11-10-15-30(32)45-40(50)47-34-21-24(4)49-52(34)9-3/h10-13,15-16,21-23H,7-9,14,17-20H2,1-6H3,(H2,42,53)(H,45,47)(H,46,48)/b13-12+. The van der Waals surface area contributed by atoms with Crippen LogP contribution in [-0.2, 0) is 37.2 Å². The SMILES string of the molecule is CCc1nc(C)oc1Nc1nc2cc(C(N)=O)cc(OCCCOC(=O)c3oc(C)nc3CC)c2n1C/C=C/Cn1c(Nc2cc(C)nn2CC)nc2ccccc21. The highest BCUT2D eigenvalue weighted by atomic mass is 16.5. The molecule has 0 saturated heterocycles. The molecule has 2 aromatic carbocycles. The summed E-state index contributed by atoms with van der Waals surface area (Å²) in [5.74, 6) is 2.64. The minimum Gasteiger partial charge on any atom is -0.491 e. The zero-order valence-corrected chi connectivity index (χ0v) is 33.5. The van der Waals surface area contributed by atoms with Gasteiger partial charge in [-0.15, -0.1) is 0 Å². The van der Waals surface area contributed by atoms with Crippen molar-refractivity contribution in [2.24, 2.45) is 5.73 Å². The van der Waals surface area contributed by atoms with E-state index in [-0.39, 0.29) is 24.5 Å². The molecular weight excluding hydrogens is 743 g/mol. The number of para-hydroxylation sites is 2. The number of anilines is 4. The molecule has 0 aliphatic carbocycles. The third kappa shape index (κ3) is 8.28. The zero-order chi connectivity index (χ0) is 40.9. The number of oxazole rings is 2. The van der Waals surface area contributed by atoms with Gasteiger partial charge in [-0.25, -0.2) is 29.4 Å². The van der Waals surface area contributed by atoms with Gasteiger partial charge in [0.15, 0.2) is 11.8 Å². The van der Waals surface area contributed by atoms with Gasteiger partial charge < -0.3 is 38.5 Å². The number of nitrogens with zero attached hydrogens (tertiary/aromatic N) is 8. The highest BCUT2D eigenvalue weighted by molar-refractivity contribution is 5.99. The lowest BCUT2D eigenvalue weighted by Gasteiger charge is -2.13. The number of esters is 1. The summed E-state index contributed by atoms with van der Waals surface area (Å²) in [6.45, 7) is 13.2. The van der Waals surface area contributed by atoms with E-state index in [1.807, 2.05) is 73.4 Å². The lowest BCUT2D eigenvalue weighted by molar-refractivity contribution is 0.0446. The summed E-state index contributed by atoms with van der Waals surface area (Å²) < 4.78 is 29.1. The van der Waals surface area contributed by atoms with Crippen LogP contribution in [0.4, 0.5) is 23.6 Å². The Hall–Kier alpha value is -6.91. The molecule has 0 radical (unpaired) electrons. The van der Waals surface area contributed by atoms with Gasteiger partial charge in [-0.3, -0.25) is 10.1 Å². The van der Waals surface area contributed by atoms with Crippen LogP contribution in [0.25, 0.3) is 22.1 Å². The maximum Gasteiger partial charge on any atom is 0.376 e. The lowest BCUT2D eigenvalue weighted by atomic mass is 10.1. The van der Waals surface area contributed by atoms with E-state index in [0.29, 0.717) is 90.9 Å². The smallest absolute Gasteiger partial charge is 0.376 e. The molecule has 0 aliphatic heterocycles. The van der Waals surface area contributed by atoms with Crippen LogP contribution in [0.2, 0.25) is 0 Å². The molecule has 0 spiro atoms. The number of rotatable bonds is 18. The fraction of sp³-hybridized carbons (Fsp3) is 0.341. The molecule has 4 N–H and O–H groups in total. The van der Waals surface area contributed by atoms with Gasteiger partial charge >= 0.3 is 5.97 Å². The number of ether oxygens (including phenoxy) is 2. The number of nitrogens with two attached hydrogens (primary N) is 1. The number of primary amides is 1. The molecule has 0 unspecified atom stereocenters. The molecule has 302 valence electrons. The van der Waals surface area contributed by atoms with Crippen molar-refractivity contribution in [2.45, 2.75) is 80.4 Å². The van der Waals surface area contributed by atoms with Crippen molar-refractivity contribution in [1.82, 2.24) is 38.9 Å². The summed E-state index contributed by atoms with van der Waals surface area (Å²) >= 11 is 0. The Bertz CT molecular complexity index is 2620. The molecule has 7 aromatic rings. The van der Waals surface area contributed by atoms with Gasteiger partial charge in [0.2, 0.25) is 29.4 Å². The Labute approximate surface area is 334 Å². The predicted molar refractivity (Wildman–Crippen MR) is 218 cm³/mol. The summed E-state index contributed by atoms with van der Waals surface area (Å²) in [5, 5.41) is 11.4. The Balaban J connectivity index is 1.17. The number of hydrogen-bond donors (Lipinski definition) is 3. The van der Waals surface area contributed by atoms with Crippen LogP contribution in [0.3, 0.4) is 0 Å². The Morgan fingerprint density at radius 3 is 2.29 bits per heavy atom. The predicted octanol–water partition coefficient (Wildman–Crippen LogP) is 7.10. The summed E-state index contributed by atoms with van der Waals surface area (Å²) in [5.41, 5.74) is 11.1. The summed E-state index contributed by atoms with van der Waals surface area (Å²) in [7, 11) is 0. The average Bonchev–Trinajstić information content (AvgIpc) is 4.02. The number of allylic oxidation sites excluding steroid dienone is 2. The molecule has 58 heavy (non-hydrogen) atoms. The number of hydrogen-bond acceptors (Lipinski definition) is 13. The number of carbonyl (C=O) groups excluding carboxylic acids is 2. The second kappa shape index (κ2) is 17.1. The van der Waals surface area contributed by atoms with Gasteiger partial charge in [0.1, 0.15) is 22.8 Å². The molecule has 0 saturated carbocycles. The molecule has 0 aliphatic rings. The molecule has 7 rings (SSSR count). The number of aryl methyl sites for hydroxylation is 6. The highest BCUT2D eigenvalue weighted by Gasteiger charge is 2.22. The van der Waals surface area contributed by atoms with Crippen LogP contribution < -0.4 is 21.1 Å². The van der Waals surface area contributed by atoms with E-state index in [2.05, 4.69) is 36.3 Å². The molecule has 0 fully saturated rings. The Morgan fingerprint density at radius 1 is 0.828 bits per heavy atom. The van der Waals surface area contributed by atoms with Crippen molar-refractivity contribution >= 4 is 57.5 Å². The van der Waals surface area contributed by atoms with Gasteiger partial charge in [0, 0.05) is 51.5 Å². The van der Waals surface area contributed by atoms with Crippen molar-refractivity contribution in [2.75, 3.05) is 23.8 Å². The van der Waals surface area contributed by atoms with Crippen molar-refractivity contribution < 1.29 is 27.9 Å². The number of imidazole rings is 2. The quantitative estimate of drug-likeness (QED) is 0.0451. The van der Waals surface area contributed by atoms with Gasteiger partial charge in [0.05, 0.1) is 41.2 Å². The second-order valence-electron chi connectivity index (χ2n) is 13.6. The van der Waals surface area contributed by atoms with Crippen LogP contribution in [-0.4, -0.2) is 63.9 Å². The largest absolute Gasteiger partial charge is 0.491 e. The minimum atomic E-state index is -0.632. The lowest BCUT2D eigenvalue weighted by Crippen LogP contribution is -2.13. The number of benzene rings is 2. The third-order valence-corrected chi connectivity index (χ3v) is 9.40. The topological polar surface area (TPSA) is 208 Å². The van der Waals surface area contributed by atoms with E-state index in [1.165, 1.54) is 0 Å². The summed E-state index contributed by atoms with van der Waals surface area (Å²) in [6, 6.07) is 13.2. The van der Waals surface area contributed by atoms with Crippen LogP contribution in [0.5, 0.6) is 5.75 Å². The Kier molecular flexibility index (Phi) is 11.6. The van der Waals surface area contributed by atoms with Crippen LogP contribution in [0.1, 0.15) is 77.0 Å². The van der Waals surface area contributed by atoms with Gasteiger partial charge in [-0.1, -0.05) is 38.1 Å². The summed E-state index contributed by atoms with van der Waals surface area (Å²) in [4.78, 5) is 43.7. The first-order valence-electron chi connectivity index (χ1n) is 19.3. The molecule has 17 heteroatoms. The molecule has 0 bridgehead atoms. The van der Waals surface area contributed by atoms with E-state index in [4.69, 9.17) is 34.0 Å². The molecule has 17 nitrogen and oxygen atoms in total. The molecular formula is C41H47N11O6. The number of aromatic nitrogens is 8.